The van der Waals surface area contributed by atoms with Crippen LogP contribution in [0.4, 0.5) is 4.79 Å². The van der Waals surface area contributed by atoms with Gasteiger partial charge in [0.2, 0.25) is 0 Å². The summed E-state index contributed by atoms with van der Waals surface area (Å²) in [6.45, 7) is 1.68. The number of hydrogen-bond donors (Lipinski definition) is 4. The number of rotatable bonds is 4. The molecule has 18 heavy (non-hydrogen) atoms. The first-order valence-electron chi connectivity index (χ1n) is 5.59. The maximum Gasteiger partial charge on any atom is 0.329 e. The summed E-state index contributed by atoms with van der Waals surface area (Å²) in [7, 11) is 0. The summed E-state index contributed by atoms with van der Waals surface area (Å²) in [6, 6.07) is -0.996. The summed E-state index contributed by atoms with van der Waals surface area (Å²) in [5.41, 5.74) is -1.12. The van der Waals surface area contributed by atoms with Crippen LogP contribution in [0, 0.1) is 0 Å². The zero-order valence-electron chi connectivity index (χ0n) is 9.80. The Bertz CT molecular complexity index is 441. The van der Waals surface area contributed by atoms with E-state index in [9.17, 15) is 9.59 Å². The first kappa shape index (κ1) is 12.3. The quantitative estimate of drug-likeness (QED) is 0.576. The molecule has 1 atom stereocenters. The number of tetrazole rings is 1. The van der Waals surface area contributed by atoms with Gasteiger partial charge in [0.15, 0.2) is 5.82 Å². The van der Waals surface area contributed by atoms with Crippen LogP contribution in [0.2, 0.25) is 0 Å². The standard InChI is InChI=1S/C9H14N6O3/c1-5(6-12-14-15-13-6)10-8(18)11-9(7(16)17)3-2-4-9/h5H,2-4H2,1H3,(H,16,17)(H2,10,11,18)(H,12,13,14,15). The topological polar surface area (TPSA) is 133 Å². The van der Waals surface area contributed by atoms with Crippen LogP contribution in [0.3, 0.4) is 0 Å². The maximum absolute atomic E-state index is 11.7. The number of carbonyl (C=O) groups is 2. The highest BCUT2D eigenvalue weighted by atomic mass is 16.4. The van der Waals surface area contributed by atoms with E-state index in [1.807, 2.05) is 0 Å². The van der Waals surface area contributed by atoms with E-state index in [4.69, 9.17) is 5.11 Å². The molecule has 1 aromatic rings. The van der Waals surface area contributed by atoms with Crippen LogP contribution >= 0.6 is 0 Å². The zero-order chi connectivity index (χ0) is 13.2. The molecule has 98 valence electrons. The normalized spacial score (nSPS) is 18.5. The SMILES string of the molecule is CC(NC(=O)NC1(C(=O)O)CCC1)c1nn[nH]n1. The average molecular weight is 254 g/mol. The number of aliphatic carboxylic acids is 1. The van der Waals surface area contributed by atoms with Gasteiger partial charge in [-0.2, -0.15) is 5.21 Å². The van der Waals surface area contributed by atoms with Crippen molar-refractivity contribution in [2.75, 3.05) is 0 Å². The second-order valence-electron chi connectivity index (χ2n) is 4.33. The summed E-state index contributed by atoms with van der Waals surface area (Å²) < 4.78 is 0. The fraction of sp³-hybridized carbons (Fsp3) is 0.667. The predicted molar refractivity (Wildman–Crippen MR) is 58.5 cm³/mol. The lowest BCUT2D eigenvalue weighted by molar-refractivity contribution is -0.148. The molecule has 1 saturated carbocycles. The molecule has 2 rings (SSSR count). The van der Waals surface area contributed by atoms with Crippen molar-refractivity contribution in [2.24, 2.45) is 0 Å². The molecule has 4 N–H and O–H groups in total. The fourth-order valence-electron chi connectivity index (χ4n) is 1.79. The van der Waals surface area contributed by atoms with Gasteiger partial charge in [-0.15, -0.1) is 10.2 Å². The third-order valence-electron chi connectivity index (χ3n) is 3.07. The Hall–Kier alpha value is -2.19. The number of nitrogens with one attached hydrogen (secondary N) is 3. The Balaban J connectivity index is 1.91. The summed E-state index contributed by atoms with van der Waals surface area (Å²) in [5.74, 6) is -0.667. The van der Waals surface area contributed by atoms with Crippen molar-refractivity contribution in [1.29, 1.82) is 0 Å². The third kappa shape index (κ3) is 2.24. The molecule has 1 aliphatic rings. The van der Waals surface area contributed by atoms with Crippen molar-refractivity contribution in [3.63, 3.8) is 0 Å². The van der Waals surface area contributed by atoms with E-state index in [-0.39, 0.29) is 0 Å². The summed E-state index contributed by atoms with van der Waals surface area (Å²) in [6.07, 6.45) is 1.70. The molecule has 9 nitrogen and oxygen atoms in total. The number of aromatic amines is 1. The van der Waals surface area contributed by atoms with E-state index in [1.54, 1.807) is 6.92 Å². The van der Waals surface area contributed by atoms with Crippen LogP contribution in [0.15, 0.2) is 0 Å². The Morgan fingerprint density at radius 2 is 2.22 bits per heavy atom. The smallest absolute Gasteiger partial charge is 0.329 e. The minimum absolute atomic E-state index is 0.336. The number of carboxylic acid groups (broad SMARTS) is 1. The second kappa shape index (κ2) is 4.59. The van der Waals surface area contributed by atoms with Crippen LogP contribution < -0.4 is 10.6 Å². The number of hydrogen-bond acceptors (Lipinski definition) is 5. The van der Waals surface area contributed by atoms with Crippen molar-refractivity contribution in [1.82, 2.24) is 31.3 Å². The van der Waals surface area contributed by atoms with Gasteiger partial charge in [0.05, 0.1) is 6.04 Å². The Morgan fingerprint density at radius 3 is 2.67 bits per heavy atom. The van der Waals surface area contributed by atoms with Gasteiger partial charge in [-0.3, -0.25) is 0 Å². The van der Waals surface area contributed by atoms with E-state index < -0.39 is 23.6 Å². The summed E-state index contributed by atoms with van der Waals surface area (Å²) >= 11 is 0. The number of nitrogens with zero attached hydrogens (tertiary/aromatic N) is 3. The first-order valence-corrected chi connectivity index (χ1v) is 5.59. The van der Waals surface area contributed by atoms with Gasteiger partial charge in [0.25, 0.3) is 0 Å². The van der Waals surface area contributed by atoms with E-state index >= 15 is 0 Å². The molecule has 9 heteroatoms. The van der Waals surface area contributed by atoms with E-state index in [1.165, 1.54) is 0 Å². The van der Waals surface area contributed by atoms with Crippen LogP contribution in [-0.2, 0) is 4.79 Å². The summed E-state index contributed by atoms with van der Waals surface area (Å²) in [5, 5.41) is 27.2. The molecule has 1 aliphatic carbocycles. The molecule has 1 unspecified atom stereocenters. The second-order valence-corrected chi connectivity index (χ2v) is 4.33. The molecule has 1 aromatic heterocycles. The number of aromatic nitrogens is 4. The van der Waals surface area contributed by atoms with Crippen molar-refractivity contribution in [3.05, 3.63) is 5.82 Å². The number of amides is 2. The fourth-order valence-corrected chi connectivity index (χ4v) is 1.79. The van der Waals surface area contributed by atoms with Gasteiger partial charge in [-0.25, -0.2) is 9.59 Å². The minimum Gasteiger partial charge on any atom is -0.480 e. The molecule has 0 aliphatic heterocycles. The lowest BCUT2D eigenvalue weighted by Gasteiger charge is -2.38. The highest BCUT2D eigenvalue weighted by molar-refractivity contribution is 5.87. The van der Waals surface area contributed by atoms with Gasteiger partial charge in [-0.05, 0) is 26.2 Å². The molecular formula is C9H14N6O3. The summed E-state index contributed by atoms with van der Waals surface area (Å²) in [4.78, 5) is 22.8. The lowest BCUT2D eigenvalue weighted by Crippen LogP contribution is -2.61. The van der Waals surface area contributed by atoms with Gasteiger partial charge in [0, 0.05) is 0 Å². The van der Waals surface area contributed by atoms with Crippen LogP contribution in [0.5, 0.6) is 0 Å². The van der Waals surface area contributed by atoms with Crippen molar-refractivity contribution in [2.45, 2.75) is 37.8 Å². The Labute approximate surface area is 102 Å². The molecular weight excluding hydrogens is 240 g/mol. The molecule has 1 fully saturated rings. The molecule has 0 bridgehead atoms. The van der Waals surface area contributed by atoms with Gasteiger partial charge in [0.1, 0.15) is 5.54 Å². The van der Waals surface area contributed by atoms with Crippen molar-refractivity contribution in [3.8, 4) is 0 Å². The third-order valence-corrected chi connectivity index (χ3v) is 3.07. The maximum atomic E-state index is 11.7. The van der Waals surface area contributed by atoms with Crippen LogP contribution in [0.25, 0.3) is 0 Å². The molecule has 1 heterocycles. The number of H-pyrrole nitrogens is 1. The minimum atomic E-state index is -1.12. The van der Waals surface area contributed by atoms with E-state index in [0.717, 1.165) is 6.42 Å². The van der Waals surface area contributed by atoms with Crippen LogP contribution in [-0.4, -0.2) is 43.3 Å². The monoisotopic (exact) mass is 254 g/mol. The van der Waals surface area contributed by atoms with Gasteiger partial charge < -0.3 is 15.7 Å². The average Bonchev–Trinajstić information content (AvgIpc) is 2.76. The first-order chi connectivity index (χ1) is 8.53. The molecule has 0 aromatic carbocycles. The molecule has 0 spiro atoms. The highest BCUT2D eigenvalue weighted by Gasteiger charge is 2.45. The van der Waals surface area contributed by atoms with Crippen molar-refractivity contribution < 1.29 is 14.7 Å². The predicted octanol–water partition coefficient (Wildman–Crippen LogP) is -0.433. The van der Waals surface area contributed by atoms with Gasteiger partial charge in [-0.1, -0.05) is 5.21 Å². The van der Waals surface area contributed by atoms with Crippen LogP contribution in [0.1, 0.15) is 38.1 Å². The zero-order valence-corrected chi connectivity index (χ0v) is 9.80. The molecule has 0 radical (unpaired) electrons. The molecule has 0 saturated heterocycles. The Kier molecular flexibility index (Phi) is 3.13. The molecule has 2 amide bonds. The van der Waals surface area contributed by atoms with Crippen molar-refractivity contribution >= 4 is 12.0 Å². The number of carbonyl (C=O) groups excluding carboxylic acids is 1. The lowest BCUT2D eigenvalue weighted by atomic mass is 9.77. The number of carboxylic acids is 1. The highest BCUT2D eigenvalue weighted by Crippen LogP contribution is 2.31. The number of urea groups is 1. The van der Waals surface area contributed by atoms with Gasteiger partial charge >= 0.3 is 12.0 Å². The largest absolute Gasteiger partial charge is 0.480 e. The Morgan fingerprint density at radius 1 is 1.50 bits per heavy atom. The van der Waals surface area contributed by atoms with E-state index in [0.29, 0.717) is 18.7 Å². The van der Waals surface area contributed by atoms with E-state index in [2.05, 4.69) is 31.3 Å².